The van der Waals surface area contributed by atoms with E-state index >= 15 is 0 Å². The minimum atomic E-state index is 0.0214. The molecule has 2 rings (SSSR count). The van der Waals surface area contributed by atoms with Crippen molar-refractivity contribution in [2.75, 3.05) is 13.7 Å². The van der Waals surface area contributed by atoms with Gasteiger partial charge in [0.2, 0.25) is 0 Å². The quantitative estimate of drug-likeness (QED) is 0.811. The van der Waals surface area contributed by atoms with Gasteiger partial charge in [-0.3, -0.25) is 0 Å². The summed E-state index contributed by atoms with van der Waals surface area (Å²) in [6.07, 6.45) is 4.77. The Morgan fingerprint density at radius 2 is 2.00 bits per heavy atom. The summed E-state index contributed by atoms with van der Waals surface area (Å²) < 4.78 is 7.96. The van der Waals surface area contributed by atoms with E-state index in [2.05, 4.69) is 53.0 Å². The molecule has 2 atom stereocenters. The van der Waals surface area contributed by atoms with Crippen molar-refractivity contribution in [2.24, 2.45) is 0 Å². The molecule has 1 heterocycles. The lowest BCUT2D eigenvalue weighted by Gasteiger charge is -2.27. The highest BCUT2D eigenvalue weighted by atomic mass is 16.5. The summed E-state index contributed by atoms with van der Waals surface area (Å²) in [4.78, 5) is 4.49. The van der Waals surface area contributed by atoms with Gasteiger partial charge >= 0.3 is 0 Å². The third-order valence-electron chi connectivity index (χ3n) is 3.76. The van der Waals surface area contributed by atoms with E-state index in [4.69, 9.17) is 4.74 Å². The van der Waals surface area contributed by atoms with Crippen molar-refractivity contribution in [1.82, 2.24) is 14.9 Å². The first-order chi connectivity index (χ1) is 10.3. The monoisotopic (exact) mass is 287 g/mol. The van der Waals surface area contributed by atoms with Crippen LogP contribution >= 0.6 is 0 Å². The van der Waals surface area contributed by atoms with E-state index in [-0.39, 0.29) is 12.1 Å². The number of rotatable bonds is 8. The molecule has 4 nitrogen and oxygen atoms in total. The minimum absolute atomic E-state index is 0.0214. The summed E-state index contributed by atoms with van der Waals surface area (Å²) >= 11 is 0. The van der Waals surface area contributed by atoms with Crippen LogP contribution in [0.15, 0.2) is 42.7 Å². The lowest BCUT2D eigenvalue weighted by molar-refractivity contribution is 0.0674. The summed E-state index contributed by atoms with van der Waals surface area (Å²) in [6, 6.07) is 10.6. The largest absolute Gasteiger partial charge is 0.375 e. The topological polar surface area (TPSA) is 39.1 Å². The third-order valence-corrected chi connectivity index (χ3v) is 3.76. The highest BCUT2D eigenvalue weighted by molar-refractivity contribution is 5.20. The minimum Gasteiger partial charge on any atom is -0.375 e. The molecule has 0 saturated heterocycles. The summed E-state index contributed by atoms with van der Waals surface area (Å²) in [7, 11) is 1.77. The van der Waals surface area contributed by atoms with Gasteiger partial charge in [0, 0.05) is 38.5 Å². The third kappa shape index (κ3) is 3.93. The van der Waals surface area contributed by atoms with Gasteiger partial charge in [0.25, 0.3) is 0 Å². The van der Waals surface area contributed by atoms with E-state index in [1.807, 2.05) is 18.5 Å². The van der Waals surface area contributed by atoms with Crippen LogP contribution in [0, 0.1) is 0 Å². The van der Waals surface area contributed by atoms with E-state index in [0.717, 1.165) is 25.3 Å². The van der Waals surface area contributed by atoms with Gasteiger partial charge in [0.1, 0.15) is 5.82 Å². The molecular weight excluding hydrogens is 262 g/mol. The molecule has 1 aromatic carbocycles. The zero-order valence-electron chi connectivity index (χ0n) is 13.1. The molecule has 0 aliphatic rings. The number of aryl methyl sites for hydroxylation is 1. The lowest BCUT2D eigenvalue weighted by Crippen LogP contribution is -2.38. The van der Waals surface area contributed by atoms with Crippen LogP contribution in [0.5, 0.6) is 0 Å². The standard InChI is InChI=1S/C17H25N3O/c1-4-18-15(13-16-19-11-12-20(16)5-2)17(21-3)14-9-7-6-8-10-14/h6-12,15,17-18H,4-5,13H2,1-3H3. The van der Waals surface area contributed by atoms with Gasteiger partial charge in [-0.2, -0.15) is 0 Å². The fourth-order valence-corrected chi connectivity index (χ4v) is 2.74. The van der Waals surface area contributed by atoms with Crippen molar-refractivity contribution in [2.45, 2.75) is 39.0 Å². The van der Waals surface area contributed by atoms with Crippen LogP contribution in [-0.2, 0) is 17.7 Å². The number of benzene rings is 1. The molecule has 0 radical (unpaired) electrons. The first-order valence-electron chi connectivity index (χ1n) is 7.61. The molecule has 1 N–H and O–H groups in total. The highest BCUT2D eigenvalue weighted by Crippen LogP contribution is 2.22. The van der Waals surface area contributed by atoms with Gasteiger partial charge in [-0.05, 0) is 19.0 Å². The first kappa shape index (κ1) is 15.7. The van der Waals surface area contributed by atoms with Gasteiger partial charge in [0.15, 0.2) is 0 Å². The molecule has 0 aliphatic carbocycles. The number of hydrogen-bond acceptors (Lipinski definition) is 3. The van der Waals surface area contributed by atoms with E-state index < -0.39 is 0 Å². The van der Waals surface area contributed by atoms with Gasteiger partial charge in [0.05, 0.1) is 6.10 Å². The van der Waals surface area contributed by atoms with Gasteiger partial charge in [-0.25, -0.2) is 4.98 Å². The molecule has 0 amide bonds. The molecule has 114 valence electrons. The Morgan fingerprint density at radius 1 is 1.24 bits per heavy atom. The molecule has 4 heteroatoms. The van der Waals surface area contributed by atoms with Crippen LogP contribution in [-0.4, -0.2) is 29.2 Å². The number of nitrogens with one attached hydrogen (secondary N) is 1. The van der Waals surface area contributed by atoms with E-state index in [9.17, 15) is 0 Å². The van der Waals surface area contributed by atoms with Crippen LogP contribution in [0.4, 0.5) is 0 Å². The zero-order chi connectivity index (χ0) is 15.1. The first-order valence-corrected chi connectivity index (χ1v) is 7.61. The van der Waals surface area contributed by atoms with Crippen molar-refractivity contribution in [1.29, 1.82) is 0 Å². The summed E-state index contributed by atoms with van der Waals surface area (Å²) in [5, 5.41) is 3.54. The molecular formula is C17H25N3O. The highest BCUT2D eigenvalue weighted by Gasteiger charge is 2.24. The van der Waals surface area contributed by atoms with Gasteiger partial charge in [-0.15, -0.1) is 0 Å². The average Bonchev–Trinajstić information content (AvgIpc) is 2.96. The van der Waals surface area contributed by atoms with Crippen LogP contribution in [0.1, 0.15) is 31.3 Å². The number of aromatic nitrogens is 2. The summed E-state index contributed by atoms with van der Waals surface area (Å²) in [6.45, 7) is 6.11. The Labute approximate surface area is 127 Å². The number of ether oxygens (including phenoxy) is 1. The summed E-state index contributed by atoms with van der Waals surface area (Å²) in [5.74, 6) is 1.10. The maximum atomic E-state index is 5.77. The predicted molar refractivity (Wildman–Crippen MR) is 85.3 cm³/mol. The smallest absolute Gasteiger partial charge is 0.110 e. The molecule has 0 saturated carbocycles. The van der Waals surface area contributed by atoms with Crippen LogP contribution in [0.2, 0.25) is 0 Å². The molecule has 0 aliphatic heterocycles. The van der Waals surface area contributed by atoms with Crippen molar-refractivity contribution in [3.8, 4) is 0 Å². The zero-order valence-corrected chi connectivity index (χ0v) is 13.1. The normalized spacial score (nSPS) is 14.0. The van der Waals surface area contributed by atoms with E-state index in [1.165, 1.54) is 5.56 Å². The molecule has 2 aromatic rings. The number of likely N-dealkylation sites (N-methyl/N-ethyl adjacent to an activating group) is 1. The molecule has 0 spiro atoms. The molecule has 21 heavy (non-hydrogen) atoms. The fourth-order valence-electron chi connectivity index (χ4n) is 2.74. The Balaban J connectivity index is 2.20. The lowest BCUT2D eigenvalue weighted by atomic mass is 9.99. The SMILES string of the molecule is CCNC(Cc1nccn1CC)C(OC)c1ccccc1. The Bertz CT molecular complexity index is 524. The molecule has 2 unspecified atom stereocenters. The van der Waals surface area contributed by atoms with Crippen molar-refractivity contribution < 1.29 is 4.74 Å². The van der Waals surface area contributed by atoms with Crippen LogP contribution in [0.3, 0.4) is 0 Å². The maximum absolute atomic E-state index is 5.77. The summed E-state index contributed by atoms with van der Waals surface area (Å²) in [5.41, 5.74) is 1.19. The number of hydrogen-bond donors (Lipinski definition) is 1. The van der Waals surface area contributed by atoms with E-state index in [0.29, 0.717) is 0 Å². The second kappa shape index (κ2) is 7.96. The van der Waals surface area contributed by atoms with Crippen LogP contribution < -0.4 is 5.32 Å². The van der Waals surface area contributed by atoms with Crippen molar-refractivity contribution in [3.63, 3.8) is 0 Å². The molecule has 1 aromatic heterocycles. The second-order valence-electron chi connectivity index (χ2n) is 5.06. The predicted octanol–water partition coefficient (Wildman–Crippen LogP) is 2.81. The van der Waals surface area contributed by atoms with Crippen molar-refractivity contribution >= 4 is 0 Å². The van der Waals surface area contributed by atoms with Gasteiger partial charge < -0.3 is 14.6 Å². The number of methoxy groups -OCH3 is 1. The van der Waals surface area contributed by atoms with Crippen LogP contribution in [0.25, 0.3) is 0 Å². The average molecular weight is 287 g/mol. The Kier molecular flexibility index (Phi) is 5.96. The van der Waals surface area contributed by atoms with E-state index in [1.54, 1.807) is 7.11 Å². The second-order valence-corrected chi connectivity index (χ2v) is 5.06. The fraction of sp³-hybridized carbons (Fsp3) is 0.471. The van der Waals surface area contributed by atoms with Gasteiger partial charge in [-0.1, -0.05) is 37.3 Å². The van der Waals surface area contributed by atoms with Crippen molar-refractivity contribution in [3.05, 3.63) is 54.1 Å². The number of nitrogens with zero attached hydrogens (tertiary/aromatic N) is 2. The Morgan fingerprint density at radius 3 is 2.62 bits per heavy atom. The molecule has 0 bridgehead atoms. The number of imidazole rings is 1. The molecule has 0 fully saturated rings. The Hall–Kier alpha value is -1.65. The maximum Gasteiger partial charge on any atom is 0.110 e.